The van der Waals surface area contributed by atoms with E-state index in [9.17, 15) is 49.5 Å². The average Bonchev–Trinajstić information content (AvgIpc) is 3.86. The lowest BCUT2D eigenvalue weighted by atomic mass is 9.61. The monoisotopic (exact) mass is 711 g/mol. The Kier molecular flexibility index (Phi) is 8.49. The zero-order chi connectivity index (χ0) is 35.6. The van der Waals surface area contributed by atoms with Crippen LogP contribution in [-0.4, -0.2) is 55.3 Å². The predicted octanol–water partition coefficient (Wildman–Crippen LogP) is 5.91. The van der Waals surface area contributed by atoms with Crippen molar-refractivity contribution in [1.29, 1.82) is 0 Å². The van der Waals surface area contributed by atoms with Crippen LogP contribution in [0.4, 0.5) is 32.0 Å². The van der Waals surface area contributed by atoms with E-state index in [4.69, 9.17) is 4.74 Å². The lowest BCUT2D eigenvalue weighted by Crippen LogP contribution is -2.56. The number of methoxy groups -OCH3 is 1. The molecular formula is C33H31F6N3O6S. The van der Waals surface area contributed by atoms with Crippen molar-refractivity contribution in [2.45, 2.75) is 79.4 Å². The second kappa shape index (κ2) is 12.0. The maximum Gasteiger partial charge on any atom is 0.418 e. The molecule has 0 radical (unpaired) electrons. The minimum atomic E-state index is -4.94. The first-order valence-electron chi connectivity index (χ1n) is 15.4. The molecule has 6 rings (SSSR count). The van der Waals surface area contributed by atoms with Gasteiger partial charge in [-0.25, -0.2) is 13.2 Å². The number of halogens is 6. The van der Waals surface area contributed by atoms with Crippen molar-refractivity contribution in [3.05, 3.63) is 88.7 Å². The summed E-state index contributed by atoms with van der Waals surface area (Å²) in [6, 6.07) is 10.3. The van der Waals surface area contributed by atoms with Gasteiger partial charge in [0.2, 0.25) is 0 Å². The van der Waals surface area contributed by atoms with E-state index in [1.54, 1.807) is 0 Å². The van der Waals surface area contributed by atoms with E-state index in [2.05, 4.69) is 10.3 Å². The fraction of sp³-hybridized carbons (Fsp3) is 0.424. The van der Waals surface area contributed by atoms with Gasteiger partial charge < -0.3 is 15.2 Å². The Morgan fingerprint density at radius 2 is 1.67 bits per heavy atom. The highest BCUT2D eigenvalue weighted by Crippen LogP contribution is 2.62. The number of aliphatic hydroxyl groups is 1. The van der Waals surface area contributed by atoms with Crippen LogP contribution >= 0.6 is 0 Å². The van der Waals surface area contributed by atoms with E-state index in [1.165, 1.54) is 40.7 Å². The molecule has 9 nitrogen and oxygen atoms in total. The number of sulfonamides is 1. The van der Waals surface area contributed by atoms with E-state index < -0.39 is 82.0 Å². The van der Waals surface area contributed by atoms with Gasteiger partial charge in [-0.05, 0) is 98.5 Å². The van der Waals surface area contributed by atoms with Gasteiger partial charge in [-0.15, -0.1) is 0 Å². The summed E-state index contributed by atoms with van der Waals surface area (Å²) in [7, 11) is -3.34. The molecule has 2 heterocycles. The summed E-state index contributed by atoms with van der Waals surface area (Å²) < 4.78 is 117. The molecule has 3 aliphatic rings. The second-order valence-corrected chi connectivity index (χ2v) is 14.5. The summed E-state index contributed by atoms with van der Waals surface area (Å²) in [4.78, 5) is 29.1. The molecule has 1 unspecified atom stereocenters. The Hall–Kier alpha value is -4.18. The molecular weight excluding hydrogens is 680 g/mol. The molecule has 1 atom stereocenters. The smallest absolute Gasteiger partial charge is 0.418 e. The molecule has 1 amide bonds. The number of nitrogens with one attached hydrogen (secondary N) is 1. The first-order valence-corrected chi connectivity index (χ1v) is 16.8. The Balaban J connectivity index is 1.43. The van der Waals surface area contributed by atoms with E-state index in [0.29, 0.717) is 12.8 Å². The maximum atomic E-state index is 14.5. The van der Waals surface area contributed by atoms with Gasteiger partial charge >= 0.3 is 18.3 Å². The van der Waals surface area contributed by atoms with Crippen LogP contribution in [0.1, 0.15) is 76.1 Å². The molecule has 3 aromatic rings. The zero-order valence-corrected chi connectivity index (χ0v) is 26.8. The number of pyridine rings is 1. The molecule has 1 spiro atoms. The van der Waals surface area contributed by atoms with Gasteiger partial charge in [0, 0.05) is 17.2 Å². The van der Waals surface area contributed by atoms with Crippen molar-refractivity contribution in [1.82, 2.24) is 10.3 Å². The number of alkyl halides is 6. The number of anilines is 1. The predicted molar refractivity (Wildman–Crippen MR) is 162 cm³/mol. The van der Waals surface area contributed by atoms with E-state index >= 15 is 0 Å². The van der Waals surface area contributed by atoms with Crippen LogP contribution in [0.3, 0.4) is 0 Å². The summed E-state index contributed by atoms with van der Waals surface area (Å²) in [6.07, 6.45) is -9.32. The van der Waals surface area contributed by atoms with Crippen molar-refractivity contribution < 1.29 is 54.2 Å². The van der Waals surface area contributed by atoms with Gasteiger partial charge in [-0.2, -0.15) is 26.3 Å². The van der Waals surface area contributed by atoms with Crippen LogP contribution < -0.4 is 9.62 Å². The van der Waals surface area contributed by atoms with Gasteiger partial charge in [0.15, 0.2) is 5.60 Å². The molecule has 1 aliphatic heterocycles. The molecule has 0 saturated heterocycles. The van der Waals surface area contributed by atoms with E-state index in [1.807, 2.05) is 0 Å². The Morgan fingerprint density at radius 3 is 2.29 bits per heavy atom. The molecule has 262 valence electrons. The number of hydrogen-bond donors (Lipinski definition) is 2. The lowest BCUT2D eigenvalue weighted by molar-refractivity contribution is -0.273. The third-order valence-electron chi connectivity index (χ3n) is 9.84. The Bertz CT molecular complexity index is 1900. The first kappa shape index (κ1) is 34.7. The molecule has 1 aromatic heterocycles. The largest absolute Gasteiger partial charge is 0.465 e. The summed E-state index contributed by atoms with van der Waals surface area (Å²) in [5, 5.41) is 13.0. The number of carbonyl (C=O) groups is 2. The zero-order valence-electron chi connectivity index (χ0n) is 25.9. The molecule has 2 saturated carbocycles. The van der Waals surface area contributed by atoms with Crippen LogP contribution in [0, 0.1) is 5.92 Å². The third-order valence-corrected chi connectivity index (χ3v) is 11.6. The number of esters is 1. The molecule has 2 aliphatic carbocycles. The number of amides is 1. The molecule has 0 bridgehead atoms. The van der Waals surface area contributed by atoms with Crippen LogP contribution in [0.15, 0.2) is 65.7 Å². The van der Waals surface area contributed by atoms with E-state index in [-0.39, 0.29) is 46.0 Å². The van der Waals surface area contributed by atoms with Gasteiger partial charge in [0.05, 0.1) is 47.1 Å². The fourth-order valence-corrected chi connectivity index (χ4v) is 9.06. The van der Waals surface area contributed by atoms with Gasteiger partial charge in [-0.3, -0.25) is 14.1 Å². The topological polar surface area (TPSA) is 126 Å². The molecule has 16 heteroatoms. The number of nitrogens with zero attached hydrogens (tertiary/aromatic N) is 2. The highest BCUT2D eigenvalue weighted by molar-refractivity contribution is 7.93. The Labute approximate surface area is 277 Å². The van der Waals surface area contributed by atoms with Crippen molar-refractivity contribution in [3.63, 3.8) is 0 Å². The summed E-state index contributed by atoms with van der Waals surface area (Å²) >= 11 is 0. The van der Waals surface area contributed by atoms with Crippen molar-refractivity contribution in [2.75, 3.05) is 11.4 Å². The van der Waals surface area contributed by atoms with Crippen molar-refractivity contribution >= 4 is 27.6 Å². The SMILES string of the molecule is COC(=O)c1cccc(S(=O)(=O)N2c3ccc(C(=O)NCc4ncccc4C(F)(F)F)cc3C3(CCC(O)(C(F)(F)F)CC3)C2C2CC2)c1. The van der Waals surface area contributed by atoms with Crippen LogP contribution in [0.5, 0.6) is 0 Å². The number of benzene rings is 2. The van der Waals surface area contributed by atoms with Gasteiger partial charge in [0.1, 0.15) is 0 Å². The number of hydrogen-bond acceptors (Lipinski definition) is 7. The number of ether oxygens (including phenoxy) is 1. The highest BCUT2D eigenvalue weighted by Gasteiger charge is 2.65. The summed E-state index contributed by atoms with van der Waals surface area (Å²) in [5.41, 5.74) is -5.40. The van der Waals surface area contributed by atoms with Gasteiger partial charge in [0.25, 0.3) is 15.9 Å². The van der Waals surface area contributed by atoms with Crippen molar-refractivity contribution in [2.24, 2.45) is 5.92 Å². The average molecular weight is 712 g/mol. The lowest BCUT2D eigenvalue weighted by Gasteiger charge is -2.47. The van der Waals surface area contributed by atoms with Crippen LogP contribution in [0.25, 0.3) is 0 Å². The molecule has 2 aromatic carbocycles. The van der Waals surface area contributed by atoms with E-state index in [0.717, 1.165) is 31.5 Å². The number of fused-ring (bicyclic) bond motifs is 2. The number of carbonyl (C=O) groups excluding carboxylic acids is 2. The quantitative estimate of drug-likeness (QED) is 0.231. The van der Waals surface area contributed by atoms with Crippen LogP contribution in [0.2, 0.25) is 0 Å². The normalized spacial score (nSPS) is 24.1. The summed E-state index contributed by atoms with van der Waals surface area (Å²) in [5.74, 6) is -1.85. The molecule has 2 N–H and O–H groups in total. The number of aromatic nitrogens is 1. The fourth-order valence-electron chi connectivity index (χ4n) is 7.21. The second-order valence-electron chi connectivity index (χ2n) is 12.7. The maximum absolute atomic E-state index is 14.5. The minimum absolute atomic E-state index is 0.0396. The van der Waals surface area contributed by atoms with Crippen LogP contribution in [-0.2, 0) is 32.9 Å². The minimum Gasteiger partial charge on any atom is -0.465 e. The highest BCUT2D eigenvalue weighted by atomic mass is 32.2. The molecule has 49 heavy (non-hydrogen) atoms. The standard InChI is InChI=1S/C33H31F6N3O6S/c1-48-29(44)21-4-2-5-22(16-21)49(46,47)42-26-10-9-20(28(43)41-18-25-23(32(34,35)36)6-3-15-40-25)17-24(26)30(27(42)19-7-8-19)11-13-31(45,14-12-30)33(37,38)39/h2-6,9-10,15-17,19,27,45H,7-8,11-14,18H2,1H3,(H,41,43). The van der Waals surface area contributed by atoms with Gasteiger partial charge in [-0.1, -0.05) is 6.07 Å². The van der Waals surface area contributed by atoms with Crippen molar-refractivity contribution in [3.8, 4) is 0 Å². The molecule has 2 fully saturated rings. The number of rotatable bonds is 7. The Morgan fingerprint density at radius 1 is 0.980 bits per heavy atom. The first-order chi connectivity index (χ1) is 22.9. The summed E-state index contributed by atoms with van der Waals surface area (Å²) in [6.45, 7) is -0.586. The third kappa shape index (κ3) is 6.02.